The van der Waals surface area contributed by atoms with Gasteiger partial charge in [0.2, 0.25) is 0 Å². The Morgan fingerprint density at radius 1 is 0.706 bits per heavy atom. The summed E-state index contributed by atoms with van der Waals surface area (Å²) in [6.07, 6.45) is 0. The molecule has 15 heteroatoms. The van der Waals surface area contributed by atoms with Gasteiger partial charge in [-0.15, -0.1) is 3.63 Å². The minimum Gasteiger partial charge on any atom is -1.00 e. The van der Waals surface area contributed by atoms with Gasteiger partial charge in [-0.3, -0.25) is 0 Å². The molecule has 0 aromatic heterocycles. The zero-order valence-corrected chi connectivity index (χ0v) is 12.3. The van der Waals surface area contributed by atoms with Gasteiger partial charge in [0, 0.05) is 0 Å². The van der Waals surface area contributed by atoms with Crippen molar-refractivity contribution in [2.75, 3.05) is 0 Å². The van der Waals surface area contributed by atoms with Crippen LogP contribution < -0.4 is 56.1 Å². The van der Waals surface area contributed by atoms with Gasteiger partial charge in [0.1, 0.15) is 0 Å². The maximum atomic E-state index is 11.4. The van der Waals surface area contributed by atoms with Crippen molar-refractivity contribution in [2.45, 2.75) is 11.0 Å². The van der Waals surface area contributed by atoms with Gasteiger partial charge in [-0.25, -0.2) is 0 Å². The van der Waals surface area contributed by atoms with Crippen LogP contribution in [0.2, 0.25) is 0 Å². The van der Waals surface area contributed by atoms with Crippen LogP contribution >= 0.6 is 0 Å². The van der Waals surface area contributed by atoms with Gasteiger partial charge in [-0.2, -0.15) is 43.2 Å². The van der Waals surface area contributed by atoms with Crippen LogP contribution in [0.1, 0.15) is 0 Å². The first kappa shape index (κ1) is 23.1. The molecule has 0 aliphatic rings. The van der Waals surface area contributed by atoms with E-state index in [4.69, 9.17) is 0 Å². The molecular formula is C2F7KO5S2. The summed E-state index contributed by atoms with van der Waals surface area (Å²) >= 11 is 0. The maximum absolute atomic E-state index is 11.4. The fourth-order valence-electron chi connectivity index (χ4n) is 0.195. The van der Waals surface area contributed by atoms with E-state index in [1.165, 1.54) is 0 Å². The van der Waals surface area contributed by atoms with Gasteiger partial charge >= 0.3 is 82.6 Å². The molecule has 0 aliphatic carbocycles. The Hall–Kier alpha value is 1.01. The normalized spacial score (nSPS) is 13.5. The van der Waals surface area contributed by atoms with Crippen LogP contribution in [0.15, 0.2) is 0 Å². The second kappa shape index (κ2) is 6.44. The number of alkyl halides is 6. The fourth-order valence-corrected chi connectivity index (χ4v) is 1.76. The van der Waals surface area contributed by atoms with E-state index in [-0.39, 0.29) is 56.1 Å². The molecule has 5 nitrogen and oxygen atoms in total. The SMILES string of the molecule is O=S(=O)(OS(=O)(=O)C(F)(F)F)C(F)(F)F.[F-].[K+]. The third-order valence-electron chi connectivity index (χ3n) is 0.746. The van der Waals surface area contributed by atoms with E-state index < -0.39 is 31.3 Å². The van der Waals surface area contributed by atoms with Crippen LogP contribution in [0.4, 0.5) is 26.3 Å². The van der Waals surface area contributed by atoms with Crippen molar-refractivity contribution in [3.8, 4) is 0 Å². The van der Waals surface area contributed by atoms with Gasteiger partial charge in [-0.05, 0) is 0 Å². The van der Waals surface area contributed by atoms with Gasteiger partial charge in [-0.1, -0.05) is 0 Å². The van der Waals surface area contributed by atoms with E-state index in [9.17, 15) is 43.2 Å². The molecule has 0 fully saturated rings. The van der Waals surface area contributed by atoms with Crippen LogP contribution in [-0.2, 0) is 23.9 Å². The Bertz CT molecular complexity index is 388. The predicted octanol–water partition coefficient (Wildman–Crippen LogP) is -5.29. The average Bonchev–Trinajstić information content (AvgIpc) is 1.77. The number of halogens is 7. The Morgan fingerprint density at radius 2 is 0.882 bits per heavy atom. The summed E-state index contributed by atoms with van der Waals surface area (Å²) in [7, 11) is -13.7. The zero-order valence-electron chi connectivity index (χ0n) is 7.50. The largest absolute Gasteiger partial charge is 1.00 e. The number of hydrogen-bond donors (Lipinski definition) is 0. The molecule has 0 aromatic rings. The molecule has 0 amide bonds. The molecule has 100 valence electrons. The molecule has 0 saturated carbocycles. The quantitative estimate of drug-likeness (QED) is 0.285. The molecule has 0 aromatic carbocycles. The Labute approximate surface area is 133 Å². The van der Waals surface area contributed by atoms with Gasteiger partial charge in [0.25, 0.3) is 0 Å². The third-order valence-corrected chi connectivity index (χ3v) is 3.31. The minimum atomic E-state index is -6.85. The monoisotopic (exact) mass is 340 g/mol. The van der Waals surface area contributed by atoms with Crippen molar-refractivity contribution < 1.29 is 103 Å². The summed E-state index contributed by atoms with van der Waals surface area (Å²) in [6, 6.07) is 0. The van der Waals surface area contributed by atoms with Gasteiger partial charge < -0.3 is 4.70 Å². The summed E-state index contributed by atoms with van der Waals surface area (Å²) < 4.78 is 110. The maximum Gasteiger partial charge on any atom is 1.00 e. The molecule has 0 N–H and O–H groups in total. The Kier molecular flexibility index (Phi) is 8.76. The molecule has 0 radical (unpaired) electrons. The smallest absolute Gasteiger partial charge is 1.00 e. The van der Waals surface area contributed by atoms with Crippen LogP contribution in [0, 0.1) is 0 Å². The van der Waals surface area contributed by atoms with E-state index >= 15 is 0 Å². The fraction of sp³-hybridized carbons (Fsp3) is 1.00. The van der Waals surface area contributed by atoms with Gasteiger partial charge in [0.05, 0.1) is 0 Å². The molecule has 17 heavy (non-hydrogen) atoms. The number of hydrogen-bond acceptors (Lipinski definition) is 5. The molecule has 0 heterocycles. The first-order chi connectivity index (χ1) is 6.21. The summed E-state index contributed by atoms with van der Waals surface area (Å²) in [5.41, 5.74) is -12.5. The van der Waals surface area contributed by atoms with Gasteiger partial charge in [0.15, 0.2) is 0 Å². The van der Waals surface area contributed by atoms with Crippen molar-refractivity contribution in [3.63, 3.8) is 0 Å². The van der Waals surface area contributed by atoms with Crippen molar-refractivity contribution >= 4 is 20.2 Å². The molecule has 0 bridgehead atoms. The van der Waals surface area contributed by atoms with E-state index in [1.807, 2.05) is 3.63 Å². The van der Waals surface area contributed by atoms with Crippen molar-refractivity contribution in [1.29, 1.82) is 0 Å². The second-order valence-corrected chi connectivity index (χ2v) is 5.15. The van der Waals surface area contributed by atoms with Crippen molar-refractivity contribution in [3.05, 3.63) is 0 Å². The molecule has 0 rings (SSSR count). The summed E-state index contributed by atoms with van der Waals surface area (Å²) in [4.78, 5) is 0. The van der Waals surface area contributed by atoms with E-state index in [1.54, 1.807) is 0 Å². The first-order valence-corrected chi connectivity index (χ1v) is 5.36. The number of rotatable bonds is 2. The Morgan fingerprint density at radius 3 is 1.00 bits per heavy atom. The summed E-state index contributed by atoms with van der Waals surface area (Å²) in [5, 5.41) is 0. The molecule has 0 spiro atoms. The van der Waals surface area contributed by atoms with Crippen LogP contribution in [0.25, 0.3) is 0 Å². The predicted molar refractivity (Wildman–Crippen MR) is 31.0 cm³/mol. The minimum absolute atomic E-state index is 0. The third kappa shape index (κ3) is 6.12. The topological polar surface area (TPSA) is 77.5 Å². The zero-order chi connectivity index (χ0) is 12.7. The molecule has 0 atom stereocenters. The van der Waals surface area contributed by atoms with E-state index in [2.05, 4.69) is 0 Å². The first-order valence-electron chi connectivity index (χ1n) is 2.54. The summed E-state index contributed by atoms with van der Waals surface area (Å²) in [6.45, 7) is 0. The summed E-state index contributed by atoms with van der Waals surface area (Å²) in [5.74, 6) is 0. The standard InChI is InChI=1S/C2F6O5S2.FH.K/c3-1(4,5)14(9,10)13-15(11,12)2(6,7)8;;/h;1H;/q;;+1/p-1. The molecule has 0 unspecified atom stereocenters. The Balaban J connectivity index is -0.000000980. The van der Waals surface area contributed by atoms with Crippen molar-refractivity contribution in [1.82, 2.24) is 0 Å². The van der Waals surface area contributed by atoms with E-state index in [0.717, 1.165) is 0 Å². The molecular weight excluding hydrogens is 340 g/mol. The molecule has 0 saturated heterocycles. The van der Waals surface area contributed by atoms with Crippen LogP contribution in [-0.4, -0.2) is 27.9 Å². The van der Waals surface area contributed by atoms with Crippen LogP contribution in [0.3, 0.4) is 0 Å². The average molecular weight is 340 g/mol. The van der Waals surface area contributed by atoms with Crippen LogP contribution in [0.5, 0.6) is 0 Å². The molecule has 0 aliphatic heterocycles. The van der Waals surface area contributed by atoms with Crippen molar-refractivity contribution in [2.24, 2.45) is 0 Å². The van der Waals surface area contributed by atoms with E-state index in [0.29, 0.717) is 0 Å². The second-order valence-electron chi connectivity index (χ2n) is 1.87.